The maximum Gasteiger partial charge on any atom is 0.276 e. The largest absolute Gasteiger partial charge is 0.325 e. The lowest BCUT2D eigenvalue weighted by Crippen LogP contribution is -2.22. The number of carbonyl (C=O) groups is 2. The second-order valence-corrected chi connectivity index (χ2v) is 8.94. The molecule has 2 aromatic carbocycles. The van der Waals surface area contributed by atoms with Crippen molar-refractivity contribution in [3.05, 3.63) is 81.2 Å². The number of halogens is 1. The maximum absolute atomic E-state index is 13.8. The molecule has 4 rings (SSSR count). The molecule has 6 nitrogen and oxygen atoms in total. The molecule has 162 valence electrons. The molecule has 0 unspecified atom stereocenters. The number of aromatic nitrogens is 2. The number of hydrogen-bond acceptors (Lipinski definition) is 6. The Bertz CT molecular complexity index is 1410. The minimum Gasteiger partial charge on any atom is -0.325 e. The molecule has 1 N–H and O–H groups in total. The average molecular weight is 468 g/mol. The predicted octanol–water partition coefficient (Wildman–Crippen LogP) is 4.83. The Balaban J connectivity index is 1.63. The van der Waals surface area contributed by atoms with Crippen molar-refractivity contribution in [3.8, 4) is 5.69 Å². The third kappa shape index (κ3) is 4.49. The van der Waals surface area contributed by atoms with Crippen molar-refractivity contribution < 1.29 is 14.0 Å². The molecule has 0 aliphatic rings. The molecular formula is C23H18FN3O3S2. The van der Waals surface area contributed by atoms with Gasteiger partial charge in [0.05, 0.1) is 17.0 Å². The zero-order valence-electron chi connectivity index (χ0n) is 17.2. The van der Waals surface area contributed by atoms with E-state index in [1.165, 1.54) is 35.0 Å². The summed E-state index contributed by atoms with van der Waals surface area (Å²) in [6.07, 6.45) is 0. The van der Waals surface area contributed by atoms with Crippen LogP contribution in [0.5, 0.6) is 0 Å². The zero-order valence-corrected chi connectivity index (χ0v) is 18.8. The lowest BCUT2D eigenvalue weighted by atomic mass is 10.1. The highest BCUT2D eigenvalue weighted by molar-refractivity contribution is 7.99. The molecule has 0 saturated heterocycles. The number of Topliss-reactive ketones (excluding diaryl/α,β-unsaturated/α-hetero) is 1. The van der Waals surface area contributed by atoms with E-state index in [1.54, 1.807) is 48.7 Å². The van der Waals surface area contributed by atoms with Crippen molar-refractivity contribution in [2.45, 2.75) is 19.0 Å². The molecule has 0 aliphatic carbocycles. The second kappa shape index (κ2) is 9.05. The van der Waals surface area contributed by atoms with Crippen LogP contribution in [0.25, 0.3) is 15.9 Å². The Labute approximate surface area is 191 Å². The minimum atomic E-state index is -0.367. The quantitative estimate of drug-likeness (QED) is 0.250. The van der Waals surface area contributed by atoms with Gasteiger partial charge in [0.15, 0.2) is 10.9 Å². The number of amides is 1. The van der Waals surface area contributed by atoms with Crippen molar-refractivity contribution in [2.75, 3.05) is 11.1 Å². The number of thiophene rings is 1. The third-order valence-electron chi connectivity index (χ3n) is 4.73. The van der Waals surface area contributed by atoms with Crippen LogP contribution in [0.3, 0.4) is 0 Å². The number of thioether (sulfide) groups is 1. The molecule has 0 aliphatic heterocycles. The van der Waals surface area contributed by atoms with Gasteiger partial charge in [-0.05, 0) is 61.2 Å². The van der Waals surface area contributed by atoms with E-state index in [0.29, 0.717) is 37.9 Å². The molecule has 1 amide bonds. The topological polar surface area (TPSA) is 81.1 Å². The summed E-state index contributed by atoms with van der Waals surface area (Å²) in [5, 5.41) is 4.87. The number of hydrogen-bond donors (Lipinski definition) is 1. The fraction of sp³-hybridized carbons (Fsp3) is 0.130. The number of fused-ring (bicyclic) bond motifs is 1. The van der Waals surface area contributed by atoms with Crippen LogP contribution in [0.1, 0.15) is 22.8 Å². The zero-order chi connectivity index (χ0) is 22.8. The summed E-state index contributed by atoms with van der Waals surface area (Å²) in [5.41, 5.74) is 2.17. The Morgan fingerprint density at radius 1 is 1.19 bits per heavy atom. The summed E-state index contributed by atoms with van der Waals surface area (Å²) in [6.45, 7) is 3.08. The van der Waals surface area contributed by atoms with Gasteiger partial charge < -0.3 is 5.32 Å². The number of carbonyl (C=O) groups excluding carboxylic acids is 2. The van der Waals surface area contributed by atoms with Crippen molar-refractivity contribution in [3.63, 3.8) is 0 Å². The van der Waals surface area contributed by atoms with Crippen LogP contribution in [-0.2, 0) is 4.79 Å². The van der Waals surface area contributed by atoms with Gasteiger partial charge in [-0.15, -0.1) is 11.3 Å². The normalized spacial score (nSPS) is 11.0. The fourth-order valence-electron chi connectivity index (χ4n) is 3.13. The highest BCUT2D eigenvalue weighted by atomic mass is 32.2. The molecule has 0 spiro atoms. The number of nitrogens with zero attached hydrogens (tertiary/aromatic N) is 2. The molecule has 0 bridgehead atoms. The van der Waals surface area contributed by atoms with Crippen LogP contribution in [0.15, 0.2) is 63.9 Å². The van der Waals surface area contributed by atoms with Gasteiger partial charge in [0.1, 0.15) is 10.5 Å². The van der Waals surface area contributed by atoms with Gasteiger partial charge in [-0.2, -0.15) is 0 Å². The molecular weight excluding hydrogens is 449 g/mol. The van der Waals surface area contributed by atoms with Crippen LogP contribution in [-0.4, -0.2) is 27.0 Å². The van der Waals surface area contributed by atoms with Crippen LogP contribution < -0.4 is 10.9 Å². The van der Waals surface area contributed by atoms with E-state index in [4.69, 9.17) is 0 Å². The molecule has 4 aromatic rings. The molecule has 0 saturated carbocycles. The Morgan fingerprint density at radius 2 is 2.00 bits per heavy atom. The number of rotatable bonds is 6. The Morgan fingerprint density at radius 3 is 2.75 bits per heavy atom. The molecule has 32 heavy (non-hydrogen) atoms. The molecule has 0 fully saturated rings. The highest BCUT2D eigenvalue weighted by Gasteiger charge is 2.16. The van der Waals surface area contributed by atoms with E-state index in [0.717, 1.165) is 11.8 Å². The van der Waals surface area contributed by atoms with Gasteiger partial charge in [0.2, 0.25) is 5.91 Å². The first kappa shape index (κ1) is 21.9. The van der Waals surface area contributed by atoms with Crippen LogP contribution in [0.2, 0.25) is 0 Å². The summed E-state index contributed by atoms with van der Waals surface area (Å²) in [4.78, 5) is 41.8. The molecule has 2 aromatic heterocycles. The van der Waals surface area contributed by atoms with Gasteiger partial charge in [-0.1, -0.05) is 23.9 Å². The number of anilines is 1. The summed E-state index contributed by atoms with van der Waals surface area (Å²) in [7, 11) is 0. The lowest BCUT2D eigenvalue weighted by molar-refractivity contribution is -0.113. The van der Waals surface area contributed by atoms with Crippen LogP contribution in [0, 0.1) is 12.7 Å². The SMILES string of the molecule is CC(=O)c1cccc(NC(=O)CSc2nc3ccsc3c(=O)n2-c2ccc(F)c(C)c2)c1. The Hall–Kier alpha value is -3.30. The van der Waals surface area contributed by atoms with E-state index in [1.807, 2.05) is 0 Å². The van der Waals surface area contributed by atoms with E-state index in [2.05, 4.69) is 10.3 Å². The number of ketones is 1. The second-order valence-electron chi connectivity index (χ2n) is 7.08. The van der Waals surface area contributed by atoms with E-state index in [9.17, 15) is 18.8 Å². The number of benzene rings is 2. The van der Waals surface area contributed by atoms with E-state index in [-0.39, 0.29) is 28.8 Å². The summed E-state index contributed by atoms with van der Waals surface area (Å²) in [5.74, 6) is -0.778. The fourth-order valence-corrected chi connectivity index (χ4v) is 4.70. The van der Waals surface area contributed by atoms with Crippen LogP contribution >= 0.6 is 23.1 Å². The molecule has 2 heterocycles. The summed E-state index contributed by atoms with van der Waals surface area (Å²) in [6, 6.07) is 12.8. The monoisotopic (exact) mass is 467 g/mol. The smallest absolute Gasteiger partial charge is 0.276 e. The van der Waals surface area contributed by atoms with Crippen molar-refractivity contribution >= 4 is 50.7 Å². The van der Waals surface area contributed by atoms with Gasteiger partial charge in [0.25, 0.3) is 5.56 Å². The molecule has 9 heteroatoms. The standard InChI is InChI=1S/C23H18FN3O3S2/c1-13-10-17(6-7-18(13)24)27-22(30)21-19(8-9-31-21)26-23(27)32-12-20(29)25-16-5-3-4-15(11-16)14(2)28/h3-11H,12H2,1-2H3,(H,25,29). The number of nitrogens with one attached hydrogen (secondary N) is 1. The van der Waals surface area contributed by atoms with Crippen LogP contribution in [0.4, 0.5) is 10.1 Å². The first-order chi connectivity index (χ1) is 15.3. The van der Waals surface area contributed by atoms with Gasteiger partial charge in [-0.25, -0.2) is 9.37 Å². The minimum absolute atomic E-state index is 0.00738. The van der Waals surface area contributed by atoms with Gasteiger partial charge in [0, 0.05) is 11.3 Å². The lowest BCUT2D eigenvalue weighted by Gasteiger charge is -2.13. The van der Waals surface area contributed by atoms with E-state index >= 15 is 0 Å². The maximum atomic E-state index is 13.8. The van der Waals surface area contributed by atoms with E-state index < -0.39 is 0 Å². The first-order valence-corrected chi connectivity index (χ1v) is 11.5. The van der Waals surface area contributed by atoms with Gasteiger partial charge >= 0.3 is 0 Å². The molecule has 0 atom stereocenters. The Kier molecular flexibility index (Phi) is 6.20. The highest BCUT2D eigenvalue weighted by Crippen LogP contribution is 2.25. The summed E-state index contributed by atoms with van der Waals surface area (Å²) < 4.78 is 15.7. The predicted molar refractivity (Wildman–Crippen MR) is 126 cm³/mol. The van der Waals surface area contributed by atoms with Gasteiger partial charge in [-0.3, -0.25) is 19.0 Å². The third-order valence-corrected chi connectivity index (χ3v) is 6.56. The van der Waals surface area contributed by atoms with Crippen molar-refractivity contribution in [2.24, 2.45) is 0 Å². The number of aryl methyl sites for hydroxylation is 1. The van der Waals surface area contributed by atoms with Crippen molar-refractivity contribution in [1.82, 2.24) is 9.55 Å². The summed E-state index contributed by atoms with van der Waals surface area (Å²) >= 11 is 2.39. The first-order valence-electron chi connectivity index (χ1n) is 9.64. The van der Waals surface area contributed by atoms with Crippen molar-refractivity contribution in [1.29, 1.82) is 0 Å². The average Bonchev–Trinajstić information content (AvgIpc) is 3.24. The molecule has 0 radical (unpaired) electrons.